The largest absolute Gasteiger partial charge is 0.368 e. The second-order valence-corrected chi connectivity index (χ2v) is 2.64. The van der Waals surface area contributed by atoms with E-state index in [1.54, 1.807) is 30.9 Å². The third kappa shape index (κ3) is 1.98. The molecule has 1 heterocycles. The maximum atomic E-state index is 10.6. The number of aryl methyl sites for hydroxylation is 1. The average molecular weight is 168 g/mol. The highest BCUT2D eigenvalue weighted by Gasteiger charge is 2.08. The molecule has 5 nitrogen and oxygen atoms in total. The number of hydrogen-bond acceptors (Lipinski definition) is 3. The van der Waals surface area contributed by atoms with Gasteiger partial charge in [0.05, 0.1) is 0 Å². The van der Waals surface area contributed by atoms with E-state index in [1.807, 2.05) is 0 Å². The molecule has 0 aromatic carbocycles. The molecule has 12 heavy (non-hydrogen) atoms. The number of primary amides is 1. The van der Waals surface area contributed by atoms with Gasteiger partial charge in [0.2, 0.25) is 5.91 Å². The number of hydrogen-bond donors (Lipinski definition) is 2. The van der Waals surface area contributed by atoms with Crippen molar-refractivity contribution in [3.05, 3.63) is 12.3 Å². The molecule has 0 saturated carbocycles. The third-order valence-corrected chi connectivity index (χ3v) is 1.50. The number of amides is 1. The first-order valence-electron chi connectivity index (χ1n) is 3.65. The third-order valence-electron chi connectivity index (χ3n) is 1.50. The minimum atomic E-state index is -0.389. The lowest BCUT2D eigenvalue weighted by molar-refractivity contribution is -0.118. The summed E-state index contributed by atoms with van der Waals surface area (Å²) in [6, 6.07) is 1.39. The lowest BCUT2D eigenvalue weighted by Gasteiger charge is -2.07. The van der Waals surface area contributed by atoms with Crippen molar-refractivity contribution in [3.8, 4) is 0 Å². The molecule has 0 fully saturated rings. The normalized spacial score (nSPS) is 12.5. The first-order chi connectivity index (χ1) is 5.59. The van der Waals surface area contributed by atoms with Crippen LogP contribution in [0.5, 0.6) is 0 Å². The van der Waals surface area contributed by atoms with Gasteiger partial charge >= 0.3 is 0 Å². The van der Waals surface area contributed by atoms with E-state index in [1.165, 1.54) is 0 Å². The molecule has 1 atom stereocenters. The van der Waals surface area contributed by atoms with Crippen molar-refractivity contribution in [2.24, 2.45) is 12.8 Å². The molecule has 0 aliphatic carbocycles. The summed E-state index contributed by atoms with van der Waals surface area (Å²) in [5, 5.41) is 6.89. The molecule has 1 amide bonds. The monoisotopic (exact) mass is 168 g/mol. The van der Waals surface area contributed by atoms with E-state index < -0.39 is 0 Å². The number of carbonyl (C=O) groups is 1. The lowest BCUT2D eigenvalue weighted by Crippen LogP contribution is -2.32. The van der Waals surface area contributed by atoms with Gasteiger partial charge in [-0.05, 0) is 6.92 Å². The Labute approximate surface area is 70.5 Å². The number of nitrogens with one attached hydrogen (secondary N) is 1. The SMILES string of the molecule is CC(Nc1ccn(C)n1)C(N)=O. The van der Waals surface area contributed by atoms with Crippen LogP contribution in [-0.2, 0) is 11.8 Å². The smallest absolute Gasteiger partial charge is 0.239 e. The molecule has 1 aromatic heterocycles. The molecule has 0 radical (unpaired) electrons. The van der Waals surface area contributed by atoms with Crippen molar-refractivity contribution in [3.63, 3.8) is 0 Å². The maximum absolute atomic E-state index is 10.6. The van der Waals surface area contributed by atoms with Gasteiger partial charge in [0.15, 0.2) is 0 Å². The highest BCUT2D eigenvalue weighted by molar-refractivity contribution is 5.82. The van der Waals surface area contributed by atoms with Crippen LogP contribution in [0.1, 0.15) is 6.92 Å². The number of aromatic nitrogens is 2. The van der Waals surface area contributed by atoms with Crippen molar-refractivity contribution in [1.82, 2.24) is 9.78 Å². The fourth-order valence-corrected chi connectivity index (χ4v) is 0.785. The quantitative estimate of drug-likeness (QED) is 0.651. The van der Waals surface area contributed by atoms with Crippen LogP contribution in [0.4, 0.5) is 5.82 Å². The summed E-state index contributed by atoms with van der Waals surface area (Å²) in [4.78, 5) is 10.6. The summed E-state index contributed by atoms with van der Waals surface area (Å²) in [5.74, 6) is 0.268. The van der Waals surface area contributed by atoms with Crippen LogP contribution in [0.15, 0.2) is 12.3 Å². The Morgan fingerprint density at radius 1 is 1.83 bits per heavy atom. The Hall–Kier alpha value is -1.52. The molecule has 0 saturated heterocycles. The van der Waals surface area contributed by atoms with Crippen molar-refractivity contribution >= 4 is 11.7 Å². The molecule has 0 aliphatic rings. The van der Waals surface area contributed by atoms with Crippen molar-refractivity contribution < 1.29 is 4.79 Å². The topological polar surface area (TPSA) is 72.9 Å². The fraction of sp³-hybridized carbons (Fsp3) is 0.429. The van der Waals surface area contributed by atoms with E-state index in [4.69, 9.17) is 5.73 Å². The zero-order chi connectivity index (χ0) is 9.14. The van der Waals surface area contributed by atoms with E-state index >= 15 is 0 Å². The number of anilines is 1. The predicted octanol–water partition coefficient (Wildman–Crippen LogP) is -0.294. The Morgan fingerprint density at radius 2 is 2.50 bits per heavy atom. The van der Waals surface area contributed by atoms with Gasteiger partial charge in [-0.1, -0.05) is 0 Å². The van der Waals surface area contributed by atoms with Crippen molar-refractivity contribution in [2.45, 2.75) is 13.0 Å². The molecule has 3 N–H and O–H groups in total. The molecule has 1 aromatic rings. The van der Waals surface area contributed by atoms with Crippen LogP contribution in [0.25, 0.3) is 0 Å². The standard InChI is InChI=1S/C7H12N4O/c1-5(7(8)12)9-6-3-4-11(2)10-6/h3-5H,1-2H3,(H2,8,12)(H,9,10). The lowest BCUT2D eigenvalue weighted by atomic mass is 10.3. The van der Waals surface area contributed by atoms with Crippen LogP contribution in [0, 0.1) is 0 Å². The summed E-state index contributed by atoms with van der Waals surface area (Å²) in [6.07, 6.45) is 1.79. The van der Waals surface area contributed by atoms with Crippen LogP contribution in [-0.4, -0.2) is 21.7 Å². The van der Waals surface area contributed by atoms with Crippen LogP contribution >= 0.6 is 0 Å². The summed E-state index contributed by atoms with van der Waals surface area (Å²) in [5.41, 5.74) is 5.05. The van der Waals surface area contributed by atoms with E-state index in [0.29, 0.717) is 5.82 Å². The van der Waals surface area contributed by atoms with E-state index in [-0.39, 0.29) is 11.9 Å². The van der Waals surface area contributed by atoms with Gasteiger partial charge in [0, 0.05) is 19.3 Å². The molecule has 0 bridgehead atoms. The highest BCUT2D eigenvalue weighted by Crippen LogP contribution is 2.02. The maximum Gasteiger partial charge on any atom is 0.239 e. The van der Waals surface area contributed by atoms with Gasteiger partial charge in [-0.3, -0.25) is 9.48 Å². The molecule has 0 spiro atoms. The van der Waals surface area contributed by atoms with Gasteiger partial charge in [-0.2, -0.15) is 5.10 Å². The Morgan fingerprint density at radius 3 is 2.92 bits per heavy atom. The molecule has 1 rings (SSSR count). The summed E-state index contributed by atoms with van der Waals surface area (Å²) in [7, 11) is 1.81. The Balaban J connectivity index is 2.58. The predicted molar refractivity (Wildman–Crippen MR) is 45.5 cm³/mol. The molecular formula is C7H12N4O. The van der Waals surface area contributed by atoms with E-state index in [9.17, 15) is 4.79 Å². The van der Waals surface area contributed by atoms with Gasteiger partial charge in [-0.15, -0.1) is 0 Å². The first kappa shape index (κ1) is 8.58. The number of nitrogens with two attached hydrogens (primary N) is 1. The Kier molecular flexibility index (Phi) is 2.32. The molecule has 0 aliphatic heterocycles. The Bertz CT molecular complexity index is 281. The molecule has 66 valence electrons. The van der Waals surface area contributed by atoms with Crippen molar-refractivity contribution in [1.29, 1.82) is 0 Å². The van der Waals surface area contributed by atoms with Gasteiger partial charge in [-0.25, -0.2) is 0 Å². The molecule has 5 heteroatoms. The van der Waals surface area contributed by atoms with Gasteiger partial charge < -0.3 is 11.1 Å². The average Bonchev–Trinajstić information content (AvgIpc) is 2.35. The van der Waals surface area contributed by atoms with Crippen LogP contribution in [0.2, 0.25) is 0 Å². The van der Waals surface area contributed by atoms with E-state index in [2.05, 4.69) is 10.4 Å². The zero-order valence-electron chi connectivity index (χ0n) is 7.11. The minimum Gasteiger partial charge on any atom is -0.368 e. The number of nitrogens with zero attached hydrogens (tertiary/aromatic N) is 2. The van der Waals surface area contributed by atoms with Crippen LogP contribution in [0.3, 0.4) is 0 Å². The zero-order valence-corrected chi connectivity index (χ0v) is 7.11. The minimum absolute atomic E-state index is 0.388. The molecular weight excluding hydrogens is 156 g/mol. The summed E-state index contributed by atoms with van der Waals surface area (Å²) in [6.45, 7) is 1.69. The second-order valence-electron chi connectivity index (χ2n) is 2.64. The molecule has 1 unspecified atom stereocenters. The van der Waals surface area contributed by atoms with Crippen LogP contribution < -0.4 is 11.1 Å². The number of carbonyl (C=O) groups excluding carboxylic acids is 1. The van der Waals surface area contributed by atoms with E-state index in [0.717, 1.165) is 0 Å². The first-order valence-corrected chi connectivity index (χ1v) is 3.65. The fourth-order valence-electron chi connectivity index (χ4n) is 0.785. The number of rotatable bonds is 3. The summed E-state index contributed by atoms with van der Waals surface area (Å²) >= 11 is 0. The van der Waals surface area contributed by atoms with Gasteiger partial charge in [0.1, 0.15) is 11.9 Å². The van der Waals surface area contributed by atoms with Gasteiger partial charge in [0.25, 0.3) is 0 Å². The highest BCUT2D eigenvalue weighted by atomic mass is 16.1. The summed E-state index contributed by atoms with van der Waals surface area (Å²) < 4.78 is 1.65. The van der Waals surface area contributed by atoms with Crippen molar-refractivity contribution in [2.75, 3.05) is 5.32 Å². The second kappa shape index (κ2) is 3.25.